The number of hydrogen-bond donors (Lipinski definition) is 1. The maximum atomic E-state index is 11.1. The lowest BCUT2D eigenvalue weighted by Crippen LogP contribution is -2.48. The maximum Gasteiger partial charge on any atom is 0.247 e. The molecule has 1 aromatic rings. The zero-order chi connectivity index (χ0) is 14.4. The number of ether oxygens (including phenoxy) is 2. The minimum Gasteiger partial charge on any atom is -0.493 e. The average molecular weight is 278 g/mol. The molecule has 0 spiro atoms. The molecular weight excluding hydrogens is 256 g/mol. The highest BCUT2D eigenvalue weighted by Crippen LogP contribution is 2.16. The summed E-state index contributed by atoms with van der Waals surface area (Å²) in [6.07, 6.45) is 0.445. The molecule has 5 nitrogen and oxygen atoms in total. The number of hydrogen-bond acceptors (Lipinski definition) is 4. The number of nitrogens with two attached hydrogens (primary N) is 1. The molecule has 0 saturated carbocycles. The van der Waals surface area contributed by atoms with Crippen LogP contribution in [-0.4, -0.2) is 49.8 Å². The van der Waals surface area contributed by atoms with E-state index in [4.69, 9.17) is 15.2 Å². The van der Waals surface area contributed by atoms with E-state index in [1.54, 1.807) is 0 Å². The third-order valence-electron chi connectivity index (χ3n) is 3.44. The highest BCUT2D eigenvalue weighted by Gasteiger charge is 2.24. The minimum absolute atomic E-state index is 0.383. The molecule has 0 radical (unpaired) electrons. The van der Waals surface area contributed by atoms with Gasteiger partial charge in [-0.2, -0.15) is 0 Å². The quantitative estimate of drug-likeness (QED) is 0.787. The Hall–Kier alpha value is -1.59. The van der Waals surface area contributed by atoms with Crippen molar-refractivity contribution in [1.29, 1.82) is 0 Å². The van der Waals surface area contributed by atoms with Gasteiger partial charge in [0.1, 0.15) is 11.9 Å². The second-order valence-corrected chi connectivity index (χ2v) is 5.03. The first-order valence-electron chi connectivity index (χ1n) is 6.98. The van der Waals surface area contributed by atoms with Crippen LogP contribution in [0.1, 0.15) is 12.0 Å². The van der Waals surface area contributed by atoms with Crippen LogP contribution in [0.25, 0.3) is 0 Å². The van der Waals surface area contributed by atoms with Gasteiger partial charge >= 0.3 is 0 Å². The fraction of sp³-hybridized carbons (Fsp3) is 0.533. The lowest BCUT2D eigenvalue weighted by atomic mass is 10.2. The van der Waals surface area contributed by atoms with Crippen LogP contribution in [0.5, 0.6) is 5.75 Å². The molecule has 2 N–H and O–H groups in total. The van der Waals surface area contributed by atoms with Gasteiger partial charge in [-0.3, -0.25) is 9.69 Å². The van der Waals surface area contributed by atoms with Gasteiger partial charge in [-0.25, -0.2) is 0 Å². The third-order valence-corrected chi connectivity index (χ3v) is 3.44. The molecule has 2 rings (SSSR count). The summed E-state index contributed by atoms with van der Waals surface area (Å²) in [5, 5.41) is 0. The van der Waals surface area contributed by atoms with Crippen LogP contribution in [-0.2, 0) is 9.53 Å². The van der Waals surface area contributed by atoms with Crippen molar-refractivity contribution in [2.24, 2.45) is 5.73 Å². The third kappa shape index (κ3) is 4.21. The van der Waals surface area contributed by atoms with Gasteiger partial charge in [-0.15, -0.1) is 0 Å². The Bertz CT molecular complexity index is 450. The van der Waals surface area contributed by atoms with Crippen molar-refractivity contribution in [1.82, 2.24) is 4.90 Å². The molecule has 20 heavy (non-hydrogen) atoms. The maximum absolute atomic E-state index is 11.1. The van der Waals surface area contributed by atoms with Gasteiger partial charge in [0.05, 0.1) is 13.2 Å². The molecule has 1 amide bonds. The molecular formula is C15H22N2O3. The molecule has 1 saturated heterocycles. The van der Waals surface area contributed by atoms with Crippen LogP contribution >= 0.6 is 0 Å². The Labute approximate surface area is 119 Å². The predicted molar refractivity (Wildman–Crippen MR) is 76.7 cm³/mol. The van der Waals surface area contributed by atoms with Crippen molar-refractivity contribution in [3.63, 3.8) is 0 Å². The Kier molecular flexibility index (Phi) is 5.38. The summed E-state index contributed by atoms with van der Waals surface area (Å²) in [5.41, 5.74) is 6.41. The number of nitrogens with zero attached hydrogens (tertiary/aromatic N) is 1. The van der Waals surface area contributed by atoms with Gasteiger partial charge in [0.25, 0.3) is 0 Å². The molecule has 1 aliphatic heterocycles. The second kappa shape index (κ2) is 7.26. The van der Waals surface area contributed by atoms with E-state index in [2.05, 4.69) is 4.90 Å². The summed E-state index contributed by atoms with van der Waals surface area (Å²) < 4.78 is 11.1. The molecule has 1 aromatic carbocycles. The molecule has 1 heterocycles. The number of carbonyl (C=O) groups is 1. The number of primary amides is 1. The summed E-state index contributed by atoms with van der Waals surface area (Å²) in [4.78, 5) is 13.3. The summed E-state index contributed by atoms with van der Waals surface area (Å²) in [7, 11) is 0. The van der Waals surface area contributed by atoms with E-state index in [0.717, 1.165) is 30.8 Å². The summed E-state index contributed by atoms with van der Waals surface area (Å²) in [6.45, 7) is 5.58. The molecule has 1 atom stereocenters. The fourth-order valence-electron chi connectivity index (χ4n) is 2.27. The van der Waals surface area contributed by atoms with Gasteiger partial charge in [0, 0.05) is 19.6 Å². The van der Waals surface area contributed by atoms with E-state index in [1.165, 1.54) is 0 Å². The van der Waals surface area contributed by atoms with Crippen molar-refractivity contribution in [3.8, 4) is 5.75 Å². The molecule has 110 valence electrons. The number of aryl methyl sites for hydroxylation is 1. The molecule has 1 unspecified atom stereocenters. The van der Waals surface area contributed by atoms with Gasteiger partial charge in [0.15, 0.2) is 0 Å². The Morgan fingerprint density at radius 1 is 1.50 bits per heavy atom. The molecule has 0 bridgehead atoms. The minimum atomic E-state index is -0.471. The average Bonchev–Trinajstić information content (AvgIpc) is 2.45. The van der Waals surface area contributed by atoms with E-state index in [9.17, 15) is 4.79 Å². The molecule has 0 aliphatic carbocycles. The fourth-order valence-corrected chi connectivity index (χ4v) is 2.27. The van der Waals surface area contributed by atoms with Gasteiger partial charge in [-0.1, -0.05) is 18.2 Å². The van der Waals surface area contributed by atoms with Crippen molar-refractivity contribution in [2.45, 2.75) is 19.4 Å². The number of amides is 1. The van der Waals surface area contributed by atoms with E-state index in [1.807, 2.05) is 31.2 Å². The van der Waals surface area contributed by atoms with Crippen LogP contribution in [0, 0.1) is 6.92 Å². The molecule has 1 aliphatic rings. The number of para-hydroxylation sites is 1. The van der Waals surface area contributed by atoms with Gasteiger partial charge in [0.2, 0.25) is 5.91 Å². The molecule has 0 aromatic heterocycles. The topological polar surface area (TPSA) is 64.8 Å². The van der Waals surface area contributed by atoms with Crippen LogP contribution in [0.2, 0.25) is 0 Å². The van der Waals surface area contributed by atoms with E-state index in [-0.39, 0.29) is 5.91 Å². The van der Waals surface area contributed by atoms with Crippen LogP contribution in [0.4, 0.5) is 0 Å². The highest BCUT2D eigenvalue weighted by atomic mass is 16.5. The smallest absolute Gasteiger partial charge is 0.247 e. The van der Waals surface area contributed by atoms with Gasteiger partial charge in [-0.05, 0) is 25.0 Å². The monoisotopic (exact) mass is 278 g/mol. The lowest BCUT2D eigenvalue weighted by Gasteiger charge is -2.31. The second-order valence-electron chi connectivity index (χ2n) is 5.03. The highest BCUT2D eigenvalue weighted by molar-refractivity contribution is 5.79. The van der Waals surface area contributed by atoms with Crippen molar-refractivity contribution < 1.29 is 14.3 Å². The largest absolute Gasteiger partial charge is 0.493 e. The Morgan fingerprint density at radius 2 is 2.30 bits per heavy atom. The first-order valence-corrected chi connectivity index (χ1v) is 6.98. The van der Waals surface area contributed by atoms with Crippen molar-refractivity contribution >= 4 is 5.91 Å². The van der Waals surface area contributed by atoms with E-state index in [0.29, 0.717) is 19.8 Å². The van der Waals surface area contributed by atoms with E-state index < -0.39 is 6.10 Å². The van der Waals surface area contributed by atoms with Crippen LogP contribution in [0.3, 0.4) is 0 Å². The lowest BCUT2D eigenvalue weighted by molar-refractivity contribution is -0.135. The van der Waals surface area contributed by atoms with Gasteiger partial charge < -0.3 is 15.2 Å². The van der Waals surface area contributed by atoms with Crippen LogP contribution in [0.15, 0.2) is 24.3 Å². The van der Waals surface area contributed by atoms with Crippen LogP contribution < -0.4 is 10.5 Å². The summed E-state index contributed by atoms with van der Waals surface area (Å²) >= 11 is 0. The number of carbonyl (C=O) groups excluding carboxylic acids is 1. The first kappa shape index (κ1) is 14.8. The summed E-state index contributed by atoms with van der Waals surface area (Å²) in [6, 6.07) is 7.99. The zero-order valence-electron chi connectivity index (χ0n) is 11.9. The van der Waals surface area contributed by atoms with Crippen molar-refractivity contribution in [3.05, 3.63) is 29.8 Å². The number of rotatable bonds is 6. The Balaban J connectivity index is 1.68. The standard InChI is InChI=1S/C15H22N2O3/c1-12-5-2-3-6-13(12)19-9-4-7-17-8-10-20-14(11-17)15(16)18/h2-3,5-6,14H,4,7-11H2,1H3,(H2,16,18). The SMILES string of the molecule is Cc1ccccc1OCCCN1CCOC(C(N)=O)C1. The molecule has 5 heteroatoms. The number of benzene rings is 1. The Morgan fingerprint density at radius 3 is 3.05 bits per heavy atom. The number of morpholine rings is 1. The normalized spacial score (nSPS) is 19.8. The first-order chi connectivity index (χ1) is 9.66. The molecule has 1 fully saturated rings. The van der Waals surface area contributed by atoms with E-state index >= 15 is 0 Å². The zero-order valence-corrected chi connectivity index (χ0v) is 11.9. The predicted octanol–water partition coefficient (Wildman–Crippen LogP) is 0.950. The summed E-state index contributed by atoms with van der Waals surface area (Å²) in [5.74, 6) is 0.551. The van der Waals surface area contributed by atoms with Crippen molar-refractivity contribution in [2.75, 3.05) is 32.8 Å².